The smallest absolute Gasteiger partial charge is 0.293 e. The van der Waals surface area contributed by atoms with Gasteiger partial charge in [0.2, 0.25) is 0 Å². The van der Waals surface area contributed by atoms with Gasteiger partial charge in [-0.15, -0.1) is 0 Å². The van der Waals surface area contributed by atoms with Crippen molar-refractivity contribution in [3.05, 3.63) is 56.3 Å². The normalized spacial score (nSPS) is 17.0. The zero-order valence-electron chi connectivity index (χ0n) is 15.8. The van der Waals surface area contributed by atoms with E-state index in [-0.39, 0.29) is 29.6 Å². The molecule has 2 aromatic rings. The number of nitro benzene ring substituents is 1. The highest BCUT2D eigenvalue weighted by Crippen LogP contribution is 2.32. The molecule has 0 atom stereocenters. The summed E-state index contributed by atoms with van der Waals surface area (Å²) >= 11 is 1.48. The maximum atomic E-state index is 12.2. The van der Waals surface area contributed by atoms with Gasteiger partial charge < -0.3 is 15.5 Å². The van der Waals surface area contributed by atoms with E-state index >= 15 is 0 Å². The predicted molar refractivity (Wildman–Crippen MR) is 111 cm³/mol. The number of nitrogens with one attached hydrogen (secondary N) is 2. The summed E-state index contributed by atoms with van der Waals surface area (Å²) in [6.07, 6.45) is 3.33. The third-order valence-electron chi connectivity index (χ3n) is 5.30. The van der Waals surface area contributed by atoms with Crippen LogP contribution < -0.4 is 15.5 Å². The molecule has 4 rings (SSSR count). The summed E-state index contributed by atoms with van der Waals surface area (Å²) in [5.41, 5.74) is 1.42. The molecule has 29 heavy (non-hydrogen) atoms. The summed E-state index contributed by atoms with van der Waals surface area (Å²) in [5, 5.41) is 21.2. The van der Waals surface area contributed by atoms with E-state index in [4.69, 9.17) is 0 Å². The molecular formula is C20H22N4O4S. The second-order valence-corrected chi connectivity index (χ2v) is 8.24. The van der Waals surface area contributed by atoms with Crippen molar-refractivity contribution in [3.63, 3.8) is 0 Å². The van der Waals surface area contributed by atoms with E-state index in [0.717, 1.165) is 12.8 Å². The van der Waals surface area contributed by atoms with Crippen LogP contribution in [0.5, 0.6) is 0 Å². The lowest BCUT2D eigenvalue weighted by molar-refractivity contribution is -0.384. The first-order valence-electron chi connectivity index (χ1n) is 9.68. The van der Waals surface area contributed by atoms with Gasteiger partial charge in [-0.2, -0.15) is 11.3 Å². The minimum Gasteiger partial charge on any atom is -0.366 e. The Morgan fingerprint density at radius 3 is 2.24 bits per heavy atom. The highest BCUT2D eigenvalue weighted by molar-refractivity contribution is 7.08. The van der Waals surface area contributed by atoms with Crippen molar-refractivity contribution in [1.82, 2.24) is 10.6 Å². The molecule has 2 N–H and O–H groups in total. The van der Waals surface area contributed by atoms with E-state index in [1.807, 2.05) is 15.7 Å². The Morgan fingerprint density at radius 1 is 1.00 bits per heavy atom. The number of carbonyl (C=O) groups is 2. The minimum atomic E-state index is -0.437. The van der Waals surface area contributed by atoms with Crippen LogP contribution in [0.25, 0.3) is 0 Å². The highest BCUT2D eigenvalue weighted by Gasteiger charge is 2.28. The number of nitrogens with zero attached hydrogens (tertiary/aromatic N) is 2. The summed E-state index contributed by atoms with van der Waals surface area (Å²) in [6, 6.07) is 6.69. The molecule has 1 saturated carbocycles. The lowest BCUT2D eigenvalue weighted by Crippen LogP contribution is -2.44. The number of carbonyl (C=O) groups excluding carboxylic acids is 2. The number of thiophene rings is 1. The number of piperidine rings is 1. The number of hydrogen-bond donors (Lipinski definition) is 2. The zero-order chi connectivity index (χ0) is 20.4. The number of amides is 2. The zero-order valence-corrected chi connectivity index (χ0v) is 16.6. The lowest BCUT2D eigenvalue weighted by atomic mass is 10.0. The highest BCUT2D eigenvalue weighted by atomic mass is 32.1. The maximum absolute atomic E-state index is 12.2. The Morgan fingerprint density at radius 2 is 1.66 bits per heavy atom. The van der Waals surface area contributed by atoms with E-state index in [1.54, 1.807) is 18.2 Å². The topological polar surface area (TPSA) is 105 Å². The molecule has 1 aromatic carbocycles. The van der Waals surface area contributed by atoms with Crippen molar-refractivity contribution >= 4 is 34.5 Å². The van der Waals surface area contributed by atoms with Crippen LogP contribution in [0.2, 0.25) is 0 Å². The number of rotatable bonds is 6. The second-order valence-electron chi connectivity index (χ2n) is 7.46. The van der Waals surface area contributed by atoms with Crippen LogP contribution in [0.15, 0.2) is 35.0 Å². The molecule has 0 bridgehead atoms. The predicted octanol–water partition coefficient (Wildman–Crippen LogP) is 2.95. The molecular weight excluding hydrogens is 392 g/mol. The SMILES string of the molecule is O=C(NC1CC1)c1ccc(N2CCC(NC(=O)c3ccsc3)CC2)c([N+](=O)[O-])c1. The monoisotopic (exact) mass is 414 g/mol. The van der Waals surface area contributed by atoms with Gasteiger partial charge in [-0.05, 0) is 49.3 Å². The molecule has 9 heteroatoms. The van der Waals surface area contributed by atoms with Gasteiger partial charge in [0.25, 0.3) is 17.5 Å². The number of benzene rings is 1. The van der Waals surface area contributed by atoms with Crippen molar-refractivity contribution < 1.29 is 14.5 Å². The molecule has 2 aliphatic rings. The Kier molecular flexibility index (Phi) is 5.48. The molecule has 1 saturated heterocycles. The molecule has 152 valence electrons. The van der Waals surface area contributed by atoms with Crippen LogP contribution in [-0.2, 0) is 0 Å². The van der Waals surface area contributed by atoms with Gasteiger partial charge >= 0.3 is 0 Å². The van der Waals surface area contributed by atoms with Crippen LogP contribution in [0.4, 0.5) is 11.4 Å². The van der Waals surface area contributed by atoms with Crippen LogP contribution in [0.3, 0.4) is 0 Å². The summed E-state index contributed by atoms with van der Waals surface area (Å²) < 4.78 is 0. The fourth-order valence-electron chi connectivity index (χ4n) is 3.50. The fraction of sp³-hybridized carbons (Fsp3) is 0.400. The second kappa shape index (κ2) is 8.20. The van der Waals surface area contributed by atoms with Gasteiger partial charge in [0, 0.05) is 47.7 Å². The van der Waals surface area contributed by atoms with Crippen molar-refractivity contribution in [2.45, 2.75) is 37.8 Å². The maximum Gasteiger partial charge on any atom is 0.293 e. The molecule has 1 aliphatic heterocycles. The summed E-state index contributed by atoms with van der Waals surface area (Å²) in [4.78, 5) is 37.5. The summed E-state index contributed by atoms with van der Waals surface area (Å²) in [6.45, 7) is 1.20. The molecule has 1 aromatic heterocycles. The average molecular weight is 414 g/mol. The molecule has 8 nitrogen and oxygen atoms in total. The van der Waals surface area contributed by atoms with E-state index in [1.165, 1.54) is 17.4 Å². The van der Waals surface area contributed by atoms with Crippen LogP contribution in [-0.4, -0.2) is 41.9 Å². The third kappa shape index (κ3) is 4.56. The van der Waals surface area contributed by atoms with Gasteiger partial charge in [-0.3, -0.25) is 19.7 Å². The summed E-state index contributed by atoms with van der Waals surface area (Å²) in [7, 11) is 0. The van der Waals surface area contributed by atoms with Gasteiger partial charge in [0.05, 0.1) is 4.92 Å². The van der Waals surface area contributed by atoms with Gasteiger partial charge in [0.15, 0.2) is 0 Å². The van der Waals surface area contributed by atoms with E-state index in [9.17, 15) is 19.7 Å². The number of nitro groups is 1. The quantitative estimate of drug-likeness (QED) is 0.559. The first kappa shape index (κ1) is 19.4. The third-order valence-corrected chi connectivity index (χ3v) is 5.98. The van der Waals surface area contributed by atoms with E-state index in [0.29, 0.717) is 42.7 Å². The van der Waals surface area contributed by atoms with E-state index < -0.39 is 4.92 Å². The van der Waals surface area contributed by atoms with Crippen LogP contribution in [0, 0.1) is 10.1 Å². The molecule has 2 fully saturated rings. The molecule has 2 heterocycles. The van der Waals surface area contributed by atoms with Crippen molar-refractivity contribution in [2.24, 2.45) is 0 Å². The average Bonchev–Trinajstić information content (AvgIpc) is 3.36. The molecule has 0 spiro atoms. The summed E-state index contributed by atoms with van der Waals surface area (Å²) in [5.74, 6) is -0.348. The largest absolute Gasteiger partial charge is 0.366 e. The standard InChI is InChI=1S/C20H22N4O4S/c25-19(21-15-2-3-15)13-1-4-17(18(11-13)24(27)28)23-8-5-16(6-9-23)22-20(26)14-7-10-29-12-14/h1,4,7,10-12,15-16H,2-3,5-6,8-9H2,(H,21,25)(H,22,26). The molecule has 0 radical (unpaired) electrons. The molecule has 2 amide bonds. The number of hydrogen-bond acceptors (Lipinski definition) is 6. The Balaban J connectivity index is 1.41. The first-order chi connectivity index (χ1) is 14.0. The van der Waals surface area contributed by atoms with Gasteiger partial charge in [-0.25, -0.2) is 0 Å². The van der Waals surface area contributed by atoms with Gasteiger partial charge in [-0.1, -0.05) is 0 Å². The lowest BCUT2D eigenvalue weighted by Gasteiger charge is -2.33. The van der Waals surface area contributed by atoms with Crippen LogP contribution in [0.1, 0.15) is 46.4 Å². The molecule has 0 unspecified atom stereocenters. The van der Waals surface area contributed by atoms with Crippen molar-refractivity contribution in [1.29, 1.82) is 0 Å². The minimum absolute atomic E-state index is 0.0429. The van der Waals surface area contributed by atoms with E-state index in [2.05, 4.69) is 10.6 Å². The fourth-order valence-corrected chi connectivity index (χ4v) is 4.14. The number of anilines is 1. The Labute approximate surface area is 172 Å². The molecule has 1 aliphatic carbocycles. The first-order valence-corrected chi connectivity index (χ1v) is 10.6. The van der Waals surface area contributed by atoms with Gasteiger partial charge in [0.1, 0.15) is 5.69 Å². The van der Waals surface area contributed by atoms with Crippen LogP contribution >= 0.6 is 11.3 Å². The van der Waals surface area contributed by atoms with Crippen molar-refractivity contribution in [2.75, 3.05) is 18.0 Å². The Hall–Kier alpha value is -2.94. The Bertz CT molecular complexity index is 919. The van der Waals surface area contributed by atoms with Crippen molar-refractivity contribution in [3.8, 4) is 0 Å².